The molecule has 174 valence electrons. The summed E-state index contributed by atoms with van der Waals surface area (Å²) in [6.07, 6.45) is 0.825. The van der Waals surface area contributed by atoms with Gasteiger partial charge in [0.05, 0.1) is 29.0 Å². The molecule has 3 aromatic rings. The predicted molar refractivity (Wildman–Crippen MR) is 130 cm³/mol. The molecule has 3 rings (SSSR count). The zero-order valence-corrected chi connectivity index (χ0v) is 19.8. The van der Waals surface area contributed by atoms with Crippen molar-refractivity contribution in [3.05, 3.63) is 58.9 Å². The monoisotopic (exact) mass is 468 g/mol. The summed E-state index contributed by atoms with van der Waals surface area (Å²) in [6.45, 7) is 7.05. The van der Waals surface area contributed by atoms with Crippen molar-refractivity contribution in [3.63, 3.8) is 0 Å². The highest BCUT2D eigenvalue weighted by Gasteiger charge is 2.16. The number of nitrogens with one attached hydrogen (secondary N) is 2. The van der Waals surface area contributed by atoms with Gasteiger partial charge in [-0.15, -0.1) is 0 Å². The molecule has 0 fully saturated rings. The fourth-order valence-electron chi connectivity index (χ4n) is 3.11. The zero-order chi connectivity index (χ0) is 23.8. The first kappa shape index (κ1) is 24.3. The van der Waals surface area contributed by atoms with Crippen molar-refractivity contribution in [2.45, 2.75) is 32.3 Å². The molecule has 8 nitrogen and oxygen atoms in total. The Hall–Kier alpha value is -3.33. The molecule has 1 heterocycles. The quantitative estimate of drug-likeness (QED) is 0.366. The van der Waals surface area contributed by atoms with E-state index in [0.717, 1.165) is 18.2 Å². The summed E-state index contributed by atoms with van der Waals surface area (Å²) in [6, 6.07) is 13.6. The molecule has 0 spiro atoms. The molecule has 2 aromatic carbocycles. The molecule has 2 N–H and O–H groups in total. The number of fused-ring (bicyclic) bond motifs is 1. The van der Waals surface area contributed by atoms with Crippen LogP contribution in [0, 0.1) is 5.92 Å². The van der Waals surface area contributed by atoms with Crippen LogP contribution in [0.5, 0.6) is 5.75 Å². The van der Waals surface area contributed by atoms with Crippen LogP contribution in [0.2, 0.25) is 0 Å². The third-order valence-corrected chi connectivity index (χ3v) is 5.68. The number of ether oxygens (including phenoxy) is 1. The minimum atomic E-state index is -0.531. The molecule has 0 unspecified atom stereocenters. The van der Waals surface area contributed by atoms with E-state index in [-0.39, 0.29) is 11.3 Å². The zero-order valence-electron chi connectivity index (χ0n) is 19.0. The molecule has 0 aliphatic heterocycles. The van der Waals surface area contributed by atoms with Crippen LogP contribution in [0.15, 0.2) is 58.5 Å². The first-order valence-corrected chi connectivity index (χ1v) is 11.8. The van der Waals surface area contributed by atoms with Crippen molar-refractivity contribution < 1.29 is 14.3 Å². The summed E-state index contributed by atoms with van der Waals surface area (Å²) in [4.78, 5) is 42.1. The number of amides is 3. The lowest BCUT2D eigenvalue weighted by atomic mass is 10.1. The molecule has 0 aliphatic carbocycles. The summed E-state index contributed by atoms with van der Waals surface area (Å²) >= 11 is 1.09. The van der Waals surface area contributed by atoms with Gasteiger partial charge in [-0.25, -0.2) is 9.78 Å². The molecule has 33 heavy (non-hydrogen) atoms. The van der Waals surface area contributed by atoms with Gasteiger partial charge in [0, 0.05) is 6.54 Å². The number of urea groups is 1. The van der Waals surface area contributed by atoms with Gasteiger partial charge in [-0.1, -0.05) is 37.7 Å². The van der Waals surface area contributed by atoms with Gasteiger partial charge in [0.2, 0.25) is 5.91 Å². The topological polar surface area (TPSA) is 102 Å². The van der Waals surface area contributed by atoms with Gasteiger partial charge in [0.1, 0.15) is 5.75 Å². The molecule has 0 saturated heterocycles. The SMILES string of the molecule is CCOc1ccc(-n2c(SCC(=O)NC(=O)NCCC(C)C)nc3ccccc3c2=O)cc1. The molecule has 0 saturated carbocycles. The van der Waals surface area contributed by atoms with Crippen LogP contribution in [0.3, 0.4) is 0 Å². The molecular weight excluding hydrogens is 440 g/mol. The van der Waals surface area contributed by atoms with E-state index in [4.69, 9.17) is 4.74 Å². The first-order valence-electron chi connectivity index (χ1n) is 10.8. The van der Waals surface area contributed by atoms with Crippen LogP contribution in [0.4, 0.5) is 4.79 Å². The lowest BCUT2D eigenvalue weighted by Gasteiger charge is -2.14. The van der Waals surface area contributed by atoms with Gasteiger partial charge >= 0.3 is 6.03 Å². The van der Waals surface area contributed by atoms with Crippen LogP contribution >= 0.6 is 11.8 Å². The normalized spacial score (nSPS) is 10.9. The number of rotatable bonds is 9. The Balaban J connectivity index is 1.81. The number of benzene rings is 2. The van der Waals surface area contributed by atoms with Crippen molar-refractivity contribution in [2.24, 2.45) is 5.92 Å². The maximum absolute atomic E-state index is 13.3. The second-order valence-corrected chi connectivity index (χ2v) is 8.70. The van der Waals surface area contributed by atoms with E-state index in [1.165, 1.54) is 4.57 Å². The highest BCUT2D eigenvalue weighted by molar-refractivity contribution is 7.99. The Morgan fingerprint density at radius 3 is 2.55 bits per heavy atom. The Labute approximate surface area is 196 Å². The van der Waals surface area contributed by atoms with Gasteiger partial charge in [-0.2, -0.15) is 0 Å². The highest BCUT2D eigenvalue weighted by atomic mass is 32.2. The lowest BCUT2D eigenvalue weighted by Crippen LogP contribution is -2.41. The summed E-state index contributed by atoms with van der Waals surface area (Å²) in [7, 11) is 0. The number of hydrogen-bond acceptors (Lipinski definition) is 6. The number of carbonyl (C=O) groups excluding carboxylic acids is 2. The Bertz CT molecular complexity index is 1180. The lowest BCUT2D eigenvalue weighted by molar-refractivity contribution is -0.117. The van der Waals surface area contributed by atoms with Crippen LogP contribution in [-0.4, -0.2) is 40.4 Å². The third kappa shape index (κ3) is 6.58. The average molecular weight is 469 g/mol. The van der Waals surface area contributed by atoms with Crippen LogP contribution in [-0.2, 0) is 4.79 Å². The Kier molecular flexibility index (Phi) is 8.48. The molecule has 0 atom stereocenters. The van der Waals surface area contributed by atoms with Gasteiger partial charge < -0.3 is 10.1 Å². The number of aromatic nitrogens is 2. The van der Waals surface area contributed by atoms with E-state index in [2.05, 4.69) is 29.5 Å². The van der Waals surface area contributed by atoms with E-state index >= 15 is 0 Å². The van der Waals surface area contributed by atoms with Crippen molar-refractivity contribution in [3.8, 4) is 11.4 Å². The molecule has 1 aromatic heterocycles. The van der Waals surface area contributed by atoms with Gasteiger partial charge in [0.25, 0.3) is 5.56 Å². The largest absolute Gasteiger partial charge is 0.494 e. The van der Waals surface area contributed by atoms with Gasteiger partial charge in [-0.05, 0) is 55.7 Å². The van der Waals surface area contributed by atoms with Crippen molar-refractivity contribution in [2.75, 3.05) is 18.9 Å². The summed E-state index contributed by atoms with van der Waals surface area (Å²) in [5.41, 5.74) is 0.911. The molecule has 0 radical (unpaired) electrons. The average Bonchev–Trinajstić information content (AvgIpc) is 2.78. The van der Waals surface area contributed by atoms with Gasteiger partial charge in [0.15, 0.2) is 5.16 Å². The maximum atomic E-state index is 13.3. The molecule has 0 bridgehead atoms. The number of nitrogens with zero attached hydrogens (tertiary/aromatic N) is 2. The van der Waals surface area contributed by atoms with Crippen molar-refractivity contribution >= 4 is 34.6 Å². The number of carbonyl (C=O) groups is 2. The second kappa shape index (κ2) is 11.5. The van der Waals surface area contributed by atoms with E-state index in [1.807, 2.05) is 6.92 Å². The van der Waals surface area contributed by atoms with Gasteiger partial charge in [-0.3, -0.25) is 19.5 Å². The highest BCUT2D eigenvalue weighted by Crippen LogP contribution is 2.22. The fourth-order valence-corrected chi connectivity index (χ4v) is 3.92. The van der Waals surface area contributed by atoms with Crippen molar-refractivity contribution in [1.29, 1.82) is 0 Å². The predicted octanol–water partition coefficient (Wildman–Crippen LogP) is 3.75. The Morgan fingerprint density at radius 2 is 1.85 bits per heavy atom. The molecular formula is C24H28N4O4S. The van der Waals surface area contributed by atoms with Crippen LogP contribution in [0.25, 0.3) is 16.6 Å². The van der Waals surface area contributed by atoms with E-state index in [0.29, 0.717) is 46.6 Å². The maximum Gasteiger partial charge on any atom is 0.321 e. The summed E-state index contributed by atoms with van der Waals surface area (Å²) < 4.78 is 6.96. The molecule has 0 aliphatic rings. The summed E-state index contributed by atoms with van der Waals surface area (Å²) in [5.74, 6) is 0.608. The third-order valence-electron chi connectivity index (χ3n) is 4.74. The first-order chi connectivity index (χ1) is 15.9. The fraction of sp³-hybridized carbons (Fsp3) is 0.333. The van der Waals surface area contributed by atoms with E-state index < -0.39 is 11.9 Å². The number of imide groups is 1. The van der Waals surface area contributed by atoms with E-state index in [9.17, 15) is 14.4 Å². The Morgan fingerprint density at radius 1 is 1.12 bits per heavy atom. The summed E-state index contributed by atoms with van der Waals surface area (Å²) in [5, 5.41) is 5.82. The van der Waals surface area contributed by atoms with E-state index in [1.54, 1.807) is 48.5 Å². The van der Waals surface area contributed by atoms with Crippen LogP contribution in [0.1, 0.15) is 27.2 Å². The second-order valence-electron chi connectivity index (χ2n) is 7.75. The number of para-hydroxylation sites is 1. The number of thioether (sulfide) groups is 1. The minimum absolute atomic E-state index is 0.0700. The number of hydrogen-bond donors (Lipinski definition) is 2. The smallest absolute Gasteiger partial charge is 0.321 e. The minimum Gasteiger partial charge on any atom is -0.494 e. The van der Waals surface area contributed by atoms with Crippen LogP contribution < -0.4 is 20.9 Å². The van der Waals surface area contributed by atoms with Crippen molar-refractivity contribution in [1.82, 2.24) is 20.2 Å². The molecule has 3 amide bonds. The molecule has 9 heteroatoms. The standard InChI is InChI=1S/C24H28N4O4S/c1-4-32-18-11-9-17(10-12-18)28-22(30)19-7-5-6-8-20(19)26-24(28)33-15-21(29)27-23(31)25-14-13-16(2)3/h5-12,16H,4,13-15H2,1-3H3,(H2,25,27,29,31).